The molecule has 1 aromatic rings. The van der Waals surface area contributed by atoms with Gasteiger partial charge in [0.15, 0.2) is 11.6 Å². The molecular weight excluding hydrogens is 223 g/mol. The van der Waals surface area contributed by atoms with E-state index in [1.165, 1.54) is 19.2 Å². The van der Waals surface area contributed by atoms with Crippen LogP contribution < -0.4 is 15.8 Å². The van der Waals surface area contributed by atoms with Crippen molar-refractivity contribution in [1.29, 1.82) is 0 Å². The summed E-state index contributed by atoms with van der Waals surface area (Å²) in [4.78, 5) is 0. The zero-order valence-electron chi connectivity index (χ0n) is 10.6. The van der Waals surface area contributed by atoms with Crippen LogP contribution in [0, 0.1) is 5.82 Å². The lowest BCUT2D eigenvalue weighted by atomic mass is 10.1. The monoisotopic (exact) mass is 242 g/mol. The molecule has 0 heterocycles. The molecule has 0 aromatic heterocycles. The fraction of sp³-hybridized carbons (Fsp3) is 0.500. The van der Waals surface area contributed by atoms with Gasteiger partial charge in [-0.2, -0.15) is 0 Å². The lowest BCUT2D eigenvalue weighted by Crippen LogP contribution is -2.32. The van der Waals surface area contributed by atoms with Gasteiger partial charge in [-0.1, -0.05) is 0 Å². The Hall–Kier alpha value is -1.49. The molecule has 17 heavy (non-hydrogen) atoms. The molecule has 0 aliphatic carbocycles. The summed E-state index contributed by atoms with van der Waals surface area (Å²) in [6.07, 6.45) is 0. The number of halogens is 1. The molecule has 0 bridgehead atoms. The van der Waals surface area contributed by atoms with Crippen LogP contribution in [0.25, 0.3) is 0 Å². The smallest absolute Gasteiger partial charge is 0.167 e. The Balaban J connectivity index is 2.84. The van der Waals surface area contributed by atoms with Gasteiger partial charge in [-0.25, -0.2) is 4.39 Å². The van der Waals surface area contributed by atoms with Crippen molar-refractivity contribution in [1.82, 2.24) is 0 Å². The average molecular weight is 242 g/mol. The molecule has 5 heteroatoms. The van der Waals surface area contributed by atoms with Crippen molar-refractivity contribution in [2.45, 2.75) is 19.4 Å². The standard InChI is InChI=1S/C12H19FN2O2/c1-12(2,17-4)7-15-10-6-11(16-3)8(13)5-9(10)14/h5-6,15H,7,14H2,1-4H3. The fourth-order valence-electron chi connectivity index (χ4n) is 1.26. The van der Waals surface area contributed by atoms with Gasteiger partial charge in [0, 0.05) is 25.8 Å². The van der Waals surface area contributed by atoms with Crippen molar-refractivity contribution in [3.8, 4) is 5.75 Å². The van der Waals surface area contributed by atoms with Gasteiger partial charge < -0.3 is 20.5 Å². The van der Waals surface area contributed by atoms with E-state index in [9.17, 15) is 4.39 Å². The van der Waals surface area contributed by atoms with Gasteiger partial charge in [-0.3, -0.25) is 0 Å². The van der Waals surface area contributed by atoms with Gasteiger partial charge in [0.2, 0.25) is 0 Å². The normalized spacial score (nSPS) is 11.4. The Morgan fingerprint density at radius 1 is 1.35 bits per heavy atom. The number of hydrogen-bond acceptors (Lipinski definition) is 4. The summed E-state index contributed by atoms with van der Waals surface area (Å²) < 4.78 is 23.5. The third kappa shape index (κ3) is 3.49. The molecule has 96 valence electrons. The second-order valence-corrected chi connectivity index (χ2v) is 4.39. The maximum atomic E-state index is 13.3. The highest BCUT2D eigenvalue weighted by atomic mass is 19.1. The van der Waals surface area contributed by atoms with Gasteiger partial charge in [0.25, 0.3) is 0 Å². The van der Waals surface area contributed by atoms with Crippen LogP contribution in [0.1, 0.15) is 13.8 Å². The lowest BCUT2D eigenvalue weighted by Gasteiger charge is -2.24. The Morgan fingerprint density at radius 2 is 2.00 bits per heavy atom. The number of anilines is 2. The molecule has 0 saturated heterocycles. The van der Waals surface area contributed by atoms with Crippen molar-refractivity contribution in [3.05, 3.63) is 17.9 Å². The van der Waals surface area contributed by atoms with E-state index in [0.717, 1.165) is 0 Å². The van der Waals surface area contributed by atoms with E-state index in [2.05, 4.69) is 5.32 Å². The number of nitrogens with two attached hydrogens (primary N) is 1. The minimum absolute atomic E-state index is 0.164. The second kappa shape index (κ2) is 5.23. The molecule has 0 saturated carbocycles. The van der Waals surface area contributed by atoms with E-state index < -0.39 is 5.82 Å². The van der Waals surface area contributed by atoms with Gasteiger partial charge in [-0.15, -0.1) is 0 Å². The quantitative estimate of drug-likeness (QED) is 0.778. The topological polar surface area (TPSA) is 56.5 Å². The largest absolute Gasteiger partial charge is 0.494 e. The van der Waals surface area contributed by atoms with Crippen LogP contribution in [-0.4, -0.2) is 26.4 Å². The Labute approximate surface area is 101 Å². The number of hydrogen-bond donors (Lipinski definition) is 2. The van der Waals surface area contributed by atoms with Gasteiger partial charge >= 0.3 is 0 Å². The summed E-state index contributed by atoms with van der Waals surface area (Å²) in [6.45, 7) is 4.44. The fourth-order valence-corrected chi connectivity index (χ4v) is 1.26. The summed E-state index contributed by atoms with van der Waals surface area (Å²) in [5.41, 5.74) is 6.37. The number of ether oxygens (including phenoxy) is 2. The SMILES string of the molecule is COc1cc(NCC(C)(C)OC)c(N)cc1F. The maximum absolute atomic E-state index is 13.3. The molecular formula is C12H19FN2O2. The molecule has 1 aromatic carbocycles. The van der Waals surface area contributed by atoms with E-state index in [1.807, 2.05) is 13.8 Å². The summed E-state index contributed by atoms with van der Waals surface area (Å²) in [5, 5.41) is 3.11. The van der Waals surface area contributed by atoms with Crippen molar-refractivity contribution >= 4 is 11.4 Å². The van der Waals surface area contributed by atoms with Crippen LogP contribution in [0.15, 0.2) is 12.1 Å². The average Bonchev–Trinajstić information content (AvgIpc) is 2.28. The van der Waals surface area contributed by atoms with Crippen molar-refractivity contribution in [3.63, 3.8) is 0 Å². The van der Waals surface area contributed by atoms with E-state index in [-0.39, 0.29) is 11.4 Å². The molecule has 0 fully saturated rings. The number of nitrogen functional groups attached to an aromatic ring is 1. The first-order valence-electron chi connectivity index (χ1n) is 5.31. The number of nitrogens with one attached hydrogen (secondary N) is 1. The van der Waals surface area contributed by atoms with Crippen molar-refractivity contribution in [2.24, 2.45) is 0 Å². The van der Waals surface area contributed by atoms with E-state index in [0.29, 0.717) is 17.9 Å². The van der Waals surface area contributed by atoms with E-state index >= 15 is 0 Å². The molecule has 0 spiro atoms. The van der Waals surface area contributed by atoms with Crippen LogP contribution in [0.5, 0.6) is 5.75 Å². The number of benzene rings is 1. The Kier molecular flexibility index (Phi) is 4.17. The molecule has 4 nitrogen and oxygen atoms in total. The third-order valence-corrected chi connectivity index (χ3v) is 2.58. The van der Waals surface area contributed by atoms with Gasteiger partial charge in [0.1, 0.15) is 0 Å². The zero-order valence-corrected chi connectivity index (χ0v) is 10.6. The first-order chi connectivity index (χ1) is 7.89. The molecule has 0 amide bonds. The predicted molar refractivity (Wildman–Crippen MR) is 66.9 cm³/mol. The molecule has 0 aliphatic rings. The zero-order chi connectivity index (χ0) is 13.1. The molecule has 1 rings (SSSR count). The Morgan fingerprint density at radius 3 is 2.53 bits per heavy atom. The molecule has 0 radical (unpaired) electrons. The molecule has 0 aliphatic heterocycles. The van der Waals surface area contributed by atoms with Gasteiger partial charge in [0.05, 0.1) is 24.1 Å². The van der Waals surface area contributed by atoms with Crippen LogP contribution in [0.2, 0.25) is 0 Å². The van der Waals surface area contributed by atoms with Crippen LogP contribution >= 0.6 is 0 Å². The minimum Gasteiger partial charge on any atom is -0.494 e. The van der Waals surface area contributed by atoms with E-state index in [4.69, 9.17) is 15.2 Å². The van der Waals surface area contributed by atoms with Crippen LogP contribution in [0.3, 0.4) is 0 Å². The highest BCUT2D eigenvalue weighted by Crippen LogP contribution is 2.28. The summed E-state index contributed by atoms with van der Waals surface area (Å²) in [5.74, 6) is -0.307. The van der Waals surface area contributed by atoms with Crippen LogP contribution in [0.4, 0.5) is 15.8 Å². The number of rotatable bonds is 5. The summed E-state index contributed by atoms with van der Waals surface area (Å²) in [7, 11) is 3.05. The molecule has 0 atom stereocenters. The lowest BCUT2D eigenvalue weighted by molar-refractivity contribution is 0.0344. The minimum atomic E-state index is -0.471. The summed E-state index contributed by atoms with van der Waals surface area (Å²) >= 11 is 0. The highest BCUT2D eigenvalue weighted by molar-refractivity contribution is 5.68. The Bertz CT molecular complexity index is 394. The molecule has 3 N–H and O–H groups in total. The van der Waals surface area contributed by atoms with Crippen molar-refractivity contribution in [2.75, 3.05) is 31.8 Å². The van der Waals surface area contributed by atoms with Crippen LogP contribution in [-0.2, 0) is 4.74 Å². The highest BCUT2D eigenvalue weighted by Gasteiger charge is 2.17. The predicted octanol–water partition coefficient (Wildman–Crippen LogP) is 2.25. The summed E-state index contributed by atoms with van der Waals surface area (Å²) in [6, 6.07) is 2.78. The third-order valence-electron chi connectivity index (χ3n) is 2.58. The first kappa shape index (κ1) is 13.6. The number of methoxy groups -OCH3 is 2. The van der Waals surface area contributed by atoms with E-state index in [1.54, 1.807) is 7.11 Å². The molecule has 0 unspecified atom stereocenters. The second-order valence-electron chi connectivity index (χ2n) is 4.39. The first-order valence-corrected chi connectivity index (χ1v) is 5.31. The van der Waals surface area contributed by atoms with Crippen molar-refractivity contribution < 1.29 is 13.9 Å². The van der Waals surface area contributed by atoms with Gasteiger partial charge in [-0.05, 0) is 13.8 Å². The maximum Gasteiger partial charge on any atom is 0.167 e.